The number of carbonyl (C=O) groups is 1. The first-order valence-electron chi connectivity index (χ1n) is 4.48. The Morgan fingerprint density at radius 3 is 2.56 bits per heavy atom. The first-order chi connectivity index (χ1) is 7.59. The molecule has 1 aromatic carbocycles. The van der Waals surface area contributed by atoms with Gasteiger partial charge in [-0.25, -0.2) is 13.9 Å². The number of halogens is 1. The van der Waals surface area contributed by atoms with Crippen LogP contribution in [0.1, 0.15) is 10.5 Å². The van der Waals surface area contributed by atoms with Gasteiger partial charge in [0.15, 0.2) is 5.69 Å². The number of nitrogens with zero attached hydrogens (tertiary/aromatic N) is 3. The molecule has 0 unspecified atom stereocenters. The van der Waals surface area contributed by atoms with Gasteiger partial charge in [0.1, 0.15) is 11.5 Å². The highest BCUT2D eigenvalue weighted by atomic mass is 19.1. The highest BCUT2D eigenvalue weighted by Crippen LogP contribution is 2.20. The summed E-state index contributed by atoms with van der Waals surface area (Å²) in [5.41, 5.74) is 0.730. The van der Waals surface area contributed by atoms with Crippen LogP contribution in [0.5, 0.6) is 0 Å². The molecule has 0 radical (unpaired) electrons. The molecule has 0 aliphatic rings. The van der Waals surface area contributed by atoms with E-state index in [0.29, 0.717) is 5.56 Å². The molecular weight excluding hydrogens is 213 g/mol. The Balaban J connectivity index is 2.56. The van der Waals surface area contributed by atoms with Gasteiger partial charge in [0.25, 0.3) is 0 Å². The Hall–Kier alpha value is -2.24. The average Bonchev–Trinajstić information content (AvgIpc) is 2.61. The number of aromatic carboxylic acids is 1. The van der Waals surface area contributed by atoms with Gasteiger partial charge in [0.05, 0.1) is 0 Å². The van der Waals surface area contributed by atoms with Gasteiger partial charge in [-0.05, 0) is 24.3 Å². The molecular formula is C10H8FN3O2. The number of hydrogen-bond donors (Lipinski definition) is 1. The van der Waals surface area contributed by atoms with Crippen molar-refractivity contribution in [3.05, 3.63) is 35.8 Å². The van der Waals surface area contributed by atoms with Crippen molar-refractivity contribution in [1.82, 2.24) is 15.0 Å². The number of aromatic nitrogens is 3. The summed E-state index contributed by atoms with van der Waals surface area (Å²) in [4.78, 5) is 11.0. The minimum absolute atomic E-state index is 0.0217. The predicted octanol–water partition coefficient (Wildman–Crippen LogP) is 1.32. The number of carboxylic acids is 1. The molecule has 0 fully saturated rings. The van der Waals surface area contributed by atoms with Gasteiger partial charge >= 0.3 is 5.97 Å². The van der Waals surface area contributed by atoms with E-state index in [4.69, 9.17) is 5.11 Å². The second-order valence-corrected chi connectivity index (χ2v) is 3.22. The van der Waals surface area contributed by atoms with E-state index in [-0.39, 0.29) is 17.2 Å². The molecule has 6 heteroatoms. The molecule has 0 amide bonds. The van der Waals surface area contributed by atoms with Gasteiger partial charge in [0, 0.05) is 12.6 Å². The van der Waals surface area contributed by atoms with Crippen molar-refractivity contribution in [3.63, 3.8) is 0 Å². The summed E-state index contributed by atoms with van der Waals surface area (Å²) in [5, 5.41) is 16.4. The van der Waals surface area contributed by atoms with E-state index < -0.39 is 5.97 Å². The Morgan fingerprint density at radius 2 is 2.00 bits per heavy atom. The molecule has 5 nitrogen and oxygen atoms in total. The summed E-state index contributed by atoms with van der Waals surface area (Å²) < 4.78 is 13.9. The molecule has 0 aliphatic carbocycles. The molecule has 0 aliphatic heterocycles. The fourth-order valence-corrected chi connectivity index (χ4v) is 1.40. The lowest BCUT2D eigenvalue weighted by atomic mass is 10.1. The predicted molar refractivity (Wildman–Crippen MR) is 53.4 cm³/mol. The fraction of sp³-hybridized carbons (Fsp3) is 0.100. The number of aryl methyl sites for hydroxylation is 1. The third-order valence-electron chi connectivity index (χ3n) is 2.15. The van der Waals surface area contributed by atoms with E-state index in [2.05, 4.69) is 10.3 Å². The van der Waals surface area contributed by atoms with Crippen molar-refractivity contribution in [2.45, 2.75) is 0 Å². The summed E-state index contributed by atoms with van der Waals surface area (Å²) >= 11 is 0. The van der Waals surface area contributed by atoms with Crippen LogP contribution in [0.2, 0.25) is 0 Å². The fourth-order valence-electron chi connectivity index (χ4n) is 1.40. The molecule has 1 aromatic heterocycles. The van der Waals surface area contributed by atoms with E-state index in [1.54, 1.807) is 0 Å². The maximum Gasteiger partial charge on any atom is 0.356 e. The van der Waals surface area contributed by atoms with Crippen molar-refractivity contribution in [2.24, 2.45) is 7.05 Å². The number of rotatable bonds is 2. The number of benzene rings is 1. The second kappa shape index (κ2) is 3.73. The molecule has 0 spiro atoms. The van der Waals surface area contributed by atoms with Crippen LogP contribution >= 0.6 is 0 Å². The minimum atomic E-state index is -1.12. The van der Waals surface area contributed by atoms with Crippen molar-refractivity contribution in [2.75, 3.05) is 0 Å². The highest BCUT2D eigenvalue weighted by Gasteiger charge is 2.18. The van der Waals surface area contributed by atoms with Crippen LogP contribution in [0.4, 0.5) is 4.39 Å². The highest BCUT2D eigenvalue weighted by molar-refractivity contribution is 5.92. The summed E-state index contributed by atoms with van der Waals surface area (Å²) in [6, 6.07) is 5.42. The van der Waals surface area contributed by atoms with Gasteiger partial charge in [-0.2, -0.15) is 0 Å². The molecule has 2 aromatic rings. The molecule has 1 N–H and O–H groups in total. The maximum atomic E-state index is 12.7. The van der Waals surface area contributed by atoms with Crippen LogP contribution in [0.25, 0.3) is 11.3 Å². The van der Waals surface area contributed by atoms with Gasteiger partial charge in [-0.3, -0.25) is 0 Å². The lowest BCUT2D eigenvalue weighted by molar-refractivity contribution is 0.0686. The normalized spacial score (nSPS) is 10.4. The monoisotopic (exact) mass is 221 g/mol. The van der Waals surface area contributed by atoms with Crippen LogP contribution in [0.15, 0.2) is 24.3 Å². The molecule has 0 saturated carbocycles. The van der Waals surface area contributed by atoms with Gasteiger partial charge < -0.3 is 5.11 Å². The zero-order valence-corrected chi connectivity index (χ0v) is 8.38. The van der Waals surface area contributed by atoms with Crippen LogP contribution in [0, 0.1) is 5.82 Å². The average molecular weight is 221 g/mol. The SMILES string of the molecule is Cn1nnc(-c2ccc(F)cc2)c1C(=O)O. The smallest absolute Gasteiger partial charge is 0.356 e. The van der Waals surface area contributed by atoms with Gasteiger partial charge in [-0.15, -0.1) is 5.10 Å². The van der Waals surface area contributed by atoms with E-state index in [1.165, 1.54) is 36.0 Å². The first-order valence-corrected chi connectivity index (χ1v) is 4.48. The third-order valence-corrected chi connectivity index (χ3v) is 2.15. The van der Waals surface area contributed by atoms with Crippen molar-refractivity contribution in [3.8, 4) is 11.3 Å². The van der Waals surface area contributed by atoms with Gasteiger partial charge in [-0.1, -0.05) is 5.21 Å². The van der Waals surface area contributed by atoms with E-state index in [9.17, 15) is 9.18 Å². The molecule has 16 heavy (non-hydrogen) atoms. The molecule has 1 heterocycles. The molecule has 0 saturated heterocycles. The molecule has 82 valence electrons. The van der Waals surface area contributed by atoms with Crippen LogP contribution in [-0.4, -0.2) is 26.1 Å². The summed E-state index contributed by atoms with van der Waals surface area (Å²) in [6.45, 7) is 0. The topological polar surface area (TPSA) is 68.0 Å². The second-order valence-electron chi connectivity index (χ2n) is 3.22. The quantitative estimate of drug-likeness (QED) is 0.830. The summed E-state index contributed by atoms with van der Waals surface area (Å²) in [6.07, 6.45) is 0. The van der Waals surface area contributed by atoms with Crippen molar-refractivity contribution >= 4 is 5.97 Å². The summed E-state index contributed by atoms with van der Waals surface area (Å²) in [5.74, 6) is -1.50. The number of hydrogen-bond acceptors (Lipinski definition) is 3. The van der Waals surface area contributed by atoms with Crippen LogP contribution < -0.4 is 0 Å². The lowest BCUT2D eigenvalue weighted by Gasteiger charge is -1.99. The zero-order chi connectivity index (χ0) is 11.7. The Morgan fingerprint density at radius 1 is 1.38 bits per heavy atom. The number of carboxylic acid groups (broad SMARTS) is 1. The van der Waals surface area contributed by atoms with E-state index >= 15 is 0 Å². The third kappa shape index (κ3) is 1.65. The Labute approximate surface area is 90.1 Å². The Bertz CT molecular complexity index is 533. The van der Waals surface area contributed by atoms with Crippen molar-refractivity contribution < 1.29 is 14.3 Å². The Kier molecular flexibility index (Phi) is 2.40. The van der Waals surface area contributed by atoms with Gasteiger partial charge in [0.2, 0.25) is 0 Å². The largest absolute Gasteiger partial charge is 0.476 e. The minimum Gasteiger partial charge on any atom is -0.476 e. The lowest BCUT2D eigenvalue weighted by Crippen LogP contribution is -2.06. The standard InChI is InChI=1S/C10H8FN3O2/c1-14-9(10(15)16)8(12-13-14)6-2-4-7(11)5-3-6/h2-5H,1H3,(H,15,16). The first kappa shape index (κ1) is 10.3. The van der Waals surface area contributed by atoms with E-state index in [1.807, 2.05) is 0 Å². The van der Waals surface area contributed by atoms with Crippen LogP contribution in [0.3, 0.4) is 0 Å². The molecule has 0 atom stereocenters. The van der Waals surface area contributed by atoms with Crippen LogP contribution in [-0.2, 0) is 7.05 Å². The molecule has 2 rings (SSSR count). The maximum absolute atomic E-state index is 12.7. The van der Waals surface area contributed by atoms with E-state index in [0.717, 1.165) is 0 Å². The summed E-state index contributed by atoms with van der Waals surface area (Å²) in [7, 11) is 1.49. The van der Waals surface area contributed by atoms with Crippen molar-refractivity contribution in [1.29, 1.82) is 0 Å². The zero-order valence-electron chi connectivity index (χ0n) is 8.38. The molecule has 0 bridgehead atoms.